The van der Waals surface area contributed by atoms with Gasteiger partial charge in [-0.1, -0.05) is 30.3 Å². The maximum absolute atomic E-state index is 14.3. The van der Waals surface area contributed by atoms with Gasteiger partial charge in [-0.15, -0.1) is 0 Å². The third kappa shape index (κ3) is 3.37. The monoisotopic (exact) mass is 385 g/mol. The topological polar surface area (TPSA) is 49.8 Å². The zero-order valence-electron chi connectivity index (χ0n) is 16.7. The Labute approximate surface area is 165 Å². The number of halogens is 1. The van der Waals surface area contributed by atoms with Crippen LogP contribution in [-0.4, -0.2) is 33.8 Å². The summed E-state index contributed by atoms with van der Waals surface area (Å²) in [5, 5.41) is 12.9. The summed E-state index contributed by atoms with van der Waals surface area (Å²) >= 11 is 0. The van der Waals surface area contributed by atoms with E-state index in [1.807, 2.05) is 37.8 Å². The number of aliphatic hydroxyl groups is 1. The lowest BCUT2D eigenvalue weighted by molar-refractivity contribution is -0.0958. The summed E-state index contributed by atoms with van der Waals surface area (Å²) in [6, 6.07) is 10.3. The van der Waals surface area contributed by atoms with Crippen LogP contribution in [0.2, 0.25) is 0 Å². The number of ether oxygens (including phenoxy) is 1. The van der Waals surface area contributed by atoms with Gasteiger partial charge in [-0.3, -0.25) is 0 Å². The summed E-state index contributed by atoms with van der Waals surface area (Å²) in [7, 11) is 0. The van der Waals surface area contributed by atoms with Crippen LogP contribution in [0.4, 0.5) is 9.18 Å². The molecule has 0 saturated carbocycles. The Kier molecular flexibility index (Phi) is 4.61. The van der Waals surface area contributed by atoms with Crippen molar-refractivity contribution in [2.75, 3.05) is 0 Å². The van der Waals surface area contributed by atoms with Crippen LogP contribution in [0.5, 0.6) is 0 Å². The Balaban J connectivity index is 1.69. The molecule has 2 aromatic rings. The normalized spacial score (nSPS) is 27.7. The van der Waals surface area contributed by atoms with Crippen molar-refractivity contribution in [1.29, 1.82) is 0 Å². The molecule has 2 atom stereocenters. The Morgan fingerprint density at radius 1 is 1.11 bits per heavy atom. The molecule has 2 aromatic carbocycles. The SMILES string of the molecule is CC(C)(C)OC(=O)N1C2CCCC1CC(O)(c1ccc(F)c3ccccc13)C2. The first-order valence-corrected chi connectivity index (χ1v) is 10.1. The number of carbonyl (C=O) groups is 1. The number of amides is 1. The van der Waals surface area contributed by atoms with E-state index in [0.717, 1.165) is 30.2 Å². The molecule has 2 unspecified atom stereocenters. The van der Waals surface area contributed by atoms with E-state index in [4.69, 9.17) is 4.74 Å². The maximum Gasteiger partial charge on any atom is 0.410 e. The smallest absolute Gasteiger partial charge is 0.410 e. The van der Waals surface area contributed by atoms with E-state index in [0.29, 0.717) is 18.2 Å². The van der Waals surface area contributed by atoms with Crippen molar-refractivity contribution < 1.29 is 19.0 Å². The third-order valence-corrected chi connectivity index (χ3v) is 5.98. The predicted molar refractivity (Wildman–Crippen MR) is 107 cm³/mol. The number of hydrogen-bond acceptors (Lipinski definition) is 3. The second kappa shape index (κ2) is 6.73. The molecule has 2 fully saturated rings. The second-order valence-corrected chi connectivity index (χ2v) is 9.21. The van der Waals surface area contributed by atoms with Crippen LogP contribution >= 0.6 is 0 Å². The van der Waals surface area contributed by atoms with E-state index in [1.54, 1.807) is 18.2 Å². The van der Waals surface area contributed by atoms with Gasteiger partial charge in [0.25, 0.3) is 0 Å². The molecular formula is C23H28FNO3. The highest BCUT2D eigenvalue weighted by Crippen LogP contribution is 2.46. The average Bonchev–Trinajstić information content (AvgIpc) is 2.59. The van der Waals surface area contributed by atoms with E-state index in [9.17, 15) is 14.3 Å². The molecule has 4 nitrogen and oxygen atoms in total. The van der Waals surface area contributed by atoms with Crippen LogP contribution in [0.1, 0.15) is 58.4 Å². The van der Waals surface area contributed by atoms with Gasteiger partial charge in [0.2, 0.25) is 0 Å². The van der Waals surface area contributed by atoms with Gasteiger partial charge in [0, 0.05) is 30.3 Å². The fourth-order valence-corrected chi connectivity index (χ4v) is 4.93. The molecule has 5 heteroatoms. The summed E-state index contributed by atoms with van der Waals surface area (Å²) in [5.41, 5.74) is -0.876. The minimum absolute atomic E-state index is 0.0730. The molecule has 2 saturated heterocycles. The molecule has 1 amide bonds. The van der Waals surface area contributed by atoms with Crippen molar-refractivity contribution in [2.24, 2.45) is 0 Å². The van der Waals surface area contributed by atoms with Gasteiger partial charge >= 0.3 is 6.09 Å². The van der Waals surface area contributed by atoms with E-state index < -0.39 is 11.2 Å². The van der Waals surface area contributed by atoms with Crippen LogP contribution in [0.3, 0.4) is 0 Å². The summed E-state index contributed by atoms with van der Waals surface area (Å²) in [4.78, 5) is 14.6. The van der Waals surface area contributed by atoms with Crippen molar-refractivity contribution in [3.8, 4) is 0 Å². The summed E-state index contributed by atoms with van der Waals surface area (Å²) < 4.78 is 19.9. The first-order valence-electron chi connectivity index (χ1n) is 10.1. The van der Waals surface area contributed by atoms with Crippen molar-refractivity contribution in [1.82, 2.24) is 4.90 Å². The molecule has 0 aliphatic carbocycles. The summed E-state index contributed by atoms with van der Waals surface area (Å²) in [6.45, 7) is 5.60. The largest absolute Gasteiger partial charge is 0.444 e. The fourth-order valence-electron chi connectivity index (χ4n) is 4.93. The van der Waals surface area contributed by atoms with E-state index in [-0.39, 0.29) is 24.0 Å². The number of piperidine rings is 2. The third-order valence-electron chi connectivity index (χ3n) is 5.98. The summed E-state index contributed by atoms with van der Waals surface area (Å²) in [5.74, 6) is -0.283. The number of rotatable bonds is 1. The molecule has 28 heavy (non-hydrogen) atoms. The van der Waals surface area contributed by atoms with Crippen LogP contribution in [0.15, 0.2) is 36.4 Å². The maximum atomic E-state index is 14.3. The first kappa shape index (κ1) is 19.2. The Morgan fingerprint density at radius 3 is 2.32 bits per heavy atom. The quantitative estimate of drug-likeness (QED) is 0.741. The molecule has 1 N–H and O–H groups in total. The Morgan fingerprint density at radius 2 is 1.71 bits per heavy atom. The highest BCUT2D eigenvalue weighted by atomic mass is 19.1. The zero-order valence-corrected chi connectivity index (χ0v) is 16.7. The number of fused-ring (bicyclic) bond motifs is 3. The van der Waals surface area contributed by atoms with Gasteiger partial charge in [0.15, 0.2) is 0 Å². The molecule has 2 aliphatic heterocycles. The van der Waals surface area contributed by atoms with E-state index in [1.165, 1.54) is 6.07 Å². The molecule has 2 aliphatic rings. The van der Waals surface area contributed by atoms with Crippen LogP contribution in [-0.2, 0) is 10.3 Å². The molecule has 150 valence electrons. The molecular weight excluding hydrogens is 357 g/mol. The fraction of sp³-hybridized carbons (Fsp3) is 0.522. The van der Waals surface area contributed by atoms with Crippen molar-refractivity contribution >= 4 is 16.9 Å². The van der Waals surface area contributed by atoms with Gasteiger partial charge in [-0.25, -0.2) is 9.18 Å². The lowest BCUT2D eigenvalue weighted by Gasteiger charge is -2.52. The van der Waals surface area contributed by atoms with Gasteiger partial charge in [0.1, 0.15) is 11.4 Å². The minimum Gasteiger partial charge on any atom is -0.444 e. The highest BCUT2D eigenvalue weighted by molar-refractivity contribution is 5.87. The molecule has 2 heterocycles. The molecule has 0 radical (unpaired) electrons. The van der Waals surface area contributed by atoms with Crippen LogP contribution in [0, 0.1) is 5.82 Å². The average molecular weight is 385 g/mol. The first-order chi connectivity index (χ1) is 13.2. The summed E-state index contributed by atoms with van der Waals surface area (Å²) in [6.07, 6.45) is 3.31. The second-order valence-electron chi connectivity index (χ2n) is 9.21. The van der Waals surface area contributed by atoms with Crippen molar-refractivity contribution in [3.63, 3.8) is 0 Å². The molecule has 0 aromatic heterocycles. The van der Waals surface area contributed by atoms with Crippen LogP contribution < -0.4 is 0 Å². The van der Waals surface area contributed by atoms with Gasteiger partial charge in [-0.05, 0) is 57.0 Å². The Hall–Kier alpha value is -2.14. The Bertz CT molecular complexity index is 890. The van der Waals surface area contributed by atoms with Crippen molar-refractivity contribution in [2.45, 2.75) is 76.2 Å². The zero-order chi connectivity index (χ0) is 20.1. The van der Waals surface area contributed by atoms with Crippen molar-refractivity contribution in [3.05, 3.63) is 47.8 Å². The van der Waals surface area contributed by atoms with Gasteiger partial charge in [0.05, 0.1) is 5.60 Å². The van der Waals surface area contributed by atoms with Gasteiger partial charge in [-0.2, -0.15) is 0 Å². The number of hydrogen-bond donors (Lipinski definition) is 1. The molecule has 0 spiro atoms. The number of nitrogens with zero attached hydrogens (tertiary/aromatic N) is 1. The predicted octanol–water partition coefficient (Wildman–Crippen LogP) is 5.12. The number of benzene rings is 2. The minimum atomic E-state index is -1.08. The molecule has 2 bridgehead atoms. The lowest BCUT2D eigenvalue weighted by Crippen LogP contribution is -2.59. The van der Waals surface area contributed by atoms with Crippen LogP contribution in [0.25, 0.3) is 10.8 Å². The lowest BCUT2D eigenvalue weighted by atomic mass is 9.71. The number of carbonyl (C=O) groups excluding carboxylic acids is 1. The van der Waals surface area contributed by atoms with Gasteiger partial charge < -0.3 is 14.7 Å². The van der Waals surface area contributed by atoms with E-state index >= 15 is 0 Å². The molecule has 4 rings (SSSR count). The highest BCUT2D eigenvalue weighted by Gasteiger charge is 2.49. The standard InChI is InChI=1S/C23H28FNO3/c1-22(2,3)28-21(26)25-15-7-6-8-16(25)14-23(27,13-15)19-11-12-20(24)18-10-5-4-9-17(18)19/h4-5,9-12,15-16,27H,6-8,13-14H2,1-3H3. The van der Waals surface area contributed by atoms with E-state index in [2.05, 4.69) is 0 Å².